The molecular formula is C7H11NO5. The van der Waals surface area contributed by atoms with Gasteiger partial charge in [0.05, 0.1) is 7.11 Å². The number of carboxylic acids is 1. The molecule has 74 valence electrons. The zero-order valence-electron chi connectivity index (χ0n) is 7.20. The van der Waals surface area contributed by atoms with E-state index in [9.17, 15) is 14.4 Å². The second kappa shape index (κ2) is 8.25. The molecule has 0 atom stereocenters. The Bertz CT molecular complexity index is 201. The van der Waals surface area contributed by atoms with Gasteiger partial charge in [-0.25, -0.2) is 4.79 Å². The summed E-state index contributed by atoms with van der Waals surface area (Å²) in [5.41, 5.74) is 0. The molecule has 0 spiro atoms. The van der Waals surface area contributed by atoms with Crippen LogP contribution < -0.4 is 5.32 Å². The number of rotatable bonds is 2. The number of carboxylic acid groups (broad SMARTS) is 1. The smallest absolute Gasteiger partial charge is 0.396 e. The average molecular weight is 189 g/mol. The van der Waals surface area contributed by atoms with Crippen molar-refractivity contribution in [1.82, 2.24) is 5.32 Å². The summed E-state index contributed by atoms with van der Waals surface area (Å²) in [6.45, 7) is 5.41. The van der Waals surface area contributed by atoms with Gasteiger partial charge < -0.3 is 15.2 Å². The lowest BCUT2D eigenvalue weighted by Crippen LogP contribution is -2.35. The highest BCUT2D eigenvalue weighted by Gasteiger charge is 2.13. The first-order valence-corrected chi connectivity index (χ1v) is 3.16. The van der Waals surface area contributed by atoms with E-state index in [-0.39, 0.29) is 0 Å². The summed E-state index contributed by atoms with van der Waals surface area (Å²) in [6, 6.07) is 0. The number of aliphatic carboxylic acids is 1. The average Bonchev–Trinajstić information content (AvgIpc) is 2.16. The van der Waals surface area contributed by atoms with Gasteiger partial charge in [-0.05, 0) is 0 Å². The molecule has 0 unspecified atom stereocenters. The van der Waals surface area contributed by atoms with Crippen molar-refractivity contribution in [3.05, 3.63) is 13.2 Å². The van der Waals surface area contributed by atoms with Crippen LogP contribution in [0.1, 0.15) is 0 Å². The van der Waals surface area contributed by atoms with Gasteiger partial charge >= 0.3 is 17.8 Å². The van der Waals surface area contributed by atoms with Gasteiger partial charge in [-0.1, -0.05) is 0 Å². The van der Waals surface area contributed by atoms with Gasteiger partial charge in [0.1, 0.15) is 6.54 Å². The van der Waals surface area contributed by atoms with Crippen molar-refractivity contribution in [1.29, 1.82) is 0 Å². The van der Waals surface area contributed by atoms with E-state index in [1.165, 1.54) is 0 Å². The summed E-state index contributed by atoms with van der Waals surface area (Å²) in [4.78, 5) is 30.6. The zero-order chi connectivity index (χ0) is 10.9. The Kier molecular flexibility index (Phi) is 8.71. The van der Waals surface area contributed by atoms with Crippen molar-refractivity contribution < 1.29 is 24.2 Å². The van der Waals surface area contributed by atoms with E-state index in [1.54, 1.807) is 0 Å². The normalized spacial score (nSPS) is 7.46. The fourth-order valence-corrected chi connectivity index (χ4v) is 0.321. The second-order valence-corrected chi connectivity index (χ2v) is 1.57. The first-order chi connectivity index (χ1) is 6.07. The van der Waals surface area contributed by atoms with Gasteiger partial charge in [0.15, 0.2) is 0 Å². The number of esters is 1. The molecule has 0 fully saturated rings. The quantitative estimate of drug-likeness (QED) is 0.335. The van der Waals surface area contributed by atoms with Crippen LogP contribution in [0.5, 0.6) is 0 Å². The Morgan fingerprint density at radius 2 is 1.85 bits per heavy atom. The number of amides is 1. The molecule has 0 heterocycles. The molecule has 13 heavy (non-hydrogen) atoms. The highest BCUT2D eigenvalue weighted by molar-refractivity contribution is 6.32. The summed E-state index contributed by atoms with van der Waals surface area (Å²) in [7, 11) is 1.03. The molecule has 0 saturated heterocycles. The van der Waals surface area contributed by atoms with Crippen molar-refractivity contribution in [3.63, 3.8) is 0 Å². The Labute approximate surface area is 75.2 Å². The van der Waals surface area contributed by atoms with Crippen LogP contribution in [0.2, 0.25) is 0 Å². The van der Waals surface area contributed by atoms with Gasteiger partial charge in [0.25, 0.3) is 0 Å². The lowest BCUT2D eigenvalue weighted by atomic mass is 10.5. The second-order valence-electron chi connectivity index (χ2n) is 1.57. The first kappa shape index (κ1) is 13.7. The molecule has 0 aliphatic rings. The van der Waals surface area contributed by atoms with Crippen molar-refractivity contribution in [3.8, 4) is 0 Å². The summed E-state index contributed by atoms with van der Waals surface area (Å²) in [6.07, 6.45) is 0. The minimum atomic E-state index is -1.22. The van der Waals surface area contributed by atoms with Gasteiger partial charge in [0.2, 0.25) is 0 Å². The predicted molar refractivity (Wildman–Crippen MR) is 43.9 cm³/mol. The van der Waals surface area contributed by atoms with Crippen LogP contribution in [-0.2, 0) is 19.1 Å². The highest BCUT2D eigenvalue weighted by Crippen LogP contribution is 1.72. The minimum Gasteiger partial charge on any atom is -0.480 e. The van der Waals surface area contributed by atoms with E-state index >= 15 is 0 Å². The molecule has 6 heteroatoms. The van der Waals surface area contributed by atoms with Crippen LogP contribution in [0.25, 0.3) is 0 Å². The molecule has 0 aliphatic heterocycles. The molecule has 1 amide bonds. The first-order valence-electron chi connectivity index (χ1n) is 3.16. The standard InChI is InChI=1S/C5H7NO5.C2H4/c1-11-5(10)4(9)6-2-3(7)8;1-2/h2H2,1H3,(H,6,9)(H,7,8);1-2H2. The fourth-order valence-electron chi connectivity index (χ4n) is 0.321. The van der Waals surface area contributed by atoms with Crippen molar-refractivity contribution in [2.45, 2.75) is 0 Å². The molecule has 2 N–H and O–H groups in total. The minimum absolute atomic E-state index is 0.589. The number of hydrogen-bond acceptors (Lipinski definition) is 4. The lowest BCUT2D eigenvalue weighted by molar-refractivity contribution is -0.153. The fraction of sp³-hybridized carbons (Fsp3) is 0.286. The predicted octanol–water partition coefficient (Wildman–Crippen LogP) is -0.838. The maximum atomic E-state index is 10.4. The van der Waals surface area contributed by atoms with E-state index < -0.39 is 24.4 Å². The number of methoxy groups -OCH3 is 1. The topological polar surface area (TPSA) is 92.7 Å². The number of carbonyl (C=O) groups is 3. The van der Waals surface area contributed by atoms with Crippen molar-refractivity contribution >= 4 is 17.8 Å². The Morgan fingerprint density at radius 3 is 2.15 bits per heavy atom. The summed E-state index contributed by atoms with van der Waals surface area (Å²) < 4.78 is 4.00. The van der Waals surface area contributed by atoms with Crippen molar-refractivity contribution in [2.24, 2.45) is 0 Å². The lowest BCUT2D eigenvalue weighted by Gasteiger charge is -1.97. The third-order valence-corrected chi connectivity index (χ3v) is 0.771. The number of ether oxygens (including phenoxy) is 1. The Morgan fingerprint density at radius 1 is 1.38 bits per heavy atom. The highest BCUT2D eigenvalue weighted by atomic mass is 16.5. The Balaban J connectivity index is 0. The van der Waals surface area contributed by atoms with Crippen LogP contribution in [0.4, 0.5) is 0 Å². The molecule has 0 rings (SSSR count). The summed E-state index contributed by atoms with van der Waals surface area (Å²) in [5.74, 6) is -3.39. The summed E-state index contributed by atoms with van der Waals surface area (Å²) >= 11 is 0. The van der Waals surface area contributed by atoms with Crippen LogP contribution in [-0.4, -0.2) is 36.6 Å². The van der Waals surface area contributed by atoms with Gasteiger partial charge in [0, 0.05) is 0 Å². The maximum absolute atomic E-state index is 10.4. The number of hydrogen-bond donors (Lipinski definition) is 2. The maximum Gasteiger partial charge on any atom is 0.396 e. The van der Waals surface area contributed by atoms with Crippen LogP contribution in [0, 0.1) is 0 Å². The third kappa shape index (κ3) is 8.05. The largest absolute Gasteiger partial charge is 0.480 e. The third-order valence-electron chi connectivity index (χ3n) is 0.771. The van der Waals surface area contributed by atoms with E-state index in [2.05, 4.69) is 17.9 Å². The molecule has 0 saturated carbocycles. The summed E-state index contributed by atoms with van der Waals surface area (Å²) in [5, 5.41) is 9.87. The van der Waals surface area contributed by atoms with Gasteiger partial charge in [-0.15, -0.1) is 13.2 Å². The van der Waals surface area contributed by atoms with E-state index in [4.69, 9.17) is 5.11 Å². The molecular weight excluding hydrogens is 178 g/mol. The zero-order valence-corrected chi connectivity index (χ0v) is 7.20. The molecule has 6 nitrogen and oxygen atoms in total. The molecule has 0 aromatic rings. The monoisotopic (exact) mass is 189 g/mol. The van der Waals surface area contributed by atoms with Crippen LogP contribution >= 0.6 is 0 Å². The number of carbonyl (C=O) groups excluding carboxylic acids is 2. The van der Waals surface area contributed by atoms with Crippen molar-refractivity contribution in [2.75, 3.05) is 13.7 Å². The van der Waals surface area contributed by atoms with Gasteiger partial charge in [-0.2, -0.15) is 0 Å². The molecule has 0 radical (unpaired) electrons. The number of nitrogens with one attached hydrogen (secondary N) is 1. The van der Waals surface area contributed by atoms with E-state index in [0.717, 1.165) is 7.11 Å². The van der Waals surface area contributed by atoms with Gasteiger partial charge in [-0.3, -0.25) is 9.59 Å². The molecule has 0 aliphatic carbocycles. The van der Waals surface area contributed by atoms with Crippen LogP contribution in [0.15, 0.2) is 13.2 Å². The molecule has 0 aromatic carbocycles. The van der Waals surface area contributed by atoms with Crippen LogP contribution in [0.3, 0.4) is 0 Å². The van der Waals surface area contributed by atoms with E-state index in [1.807, 2.05) is 5.32 Å². The SMILES string of the molecule is C=C.COC(=O)C(=O)NCC(=O)O. The van der Waals surface area contributed by atoms with E-state index in [0.29, 0.717) is 0 Å². The molecule has 0 aromatic heterocycles. The molecule has 0 bridgehead atoms. The Hall–Kier alpha value is -1.85.